The topological polar surface area (TPSA) is 43.8 Å². The number of aromatic nitrogens is 2. The van der Waals surface area contributed by atoms with Crippen LogP contribution in [0.3, 0.4) is 0 Å². The molecule has 5 nitrogen and oxygen atoms in total. The Bertz CT molecular complexity index is 2540. The molecule has 4 heterocycles. The molecule has 0 radical (unpaired) electrons. The second kappa shape index (κ2) is 9.28. The fraction of sp³-hybridized carbons (Fsp3) is 0.0500. The monoisotopic (exact) mass is 578 g/mol. The Labute approximate surface area is 259 Å². The molecule has 0 spiro atoms. The van der Waals surface area contributed by atoms with Crippen LogP contribution in [0.25, 0.3) is 60.4 Å². The molecule has 2 atom stereocenters. The summed E-state index contributed by atoms with van der Waals surface area (Å²) >= 11 is 0. The quantitative estimate of drug-likeness (QED) is 0.202. The summed E-state index contributed by atoms with van der Waals surface area (Å²) < 4.78 is 11.1. The lowest BCUT2D eigenvalue weighted by molar-refractivity contribution is 0.271. The molecule has 2 aromatic heterocycles. The van der Waals surface area contributed by atoms with Crippen LogP contribution in [-0.4, -0.2) is 27.4 Å². The average Bonchev–Trinajstić information content (AvgIpc) is 3.76. The Hall–Kier alpha value is -5.94. The van der Waals surface area contributed by atoms with E-state index in [2.05, 4.69) is 130 Å². The zero-order chi connectivity index (χ0) is 29.5. The standard InChI is InChI=1S/C40H26N4O/c1-2-10-27(11-3-1)43-33-15-7-4-12-28(33)31-22-25(18-20-35(31)43)26-19-21-36-32(23-26)29-13-5-8-16-34(29)44(36)40-39-38(41-24-42-40)30-14-6-9-17-37(30)45-39/h1-24,38-39H. The molecule has 0 amide bonds. The first-order valence-corrected chi connectivity index (χ1v) is 15.3. The van der Waals surface area contributed by atoms with Crippen molar-refractivity contribution in [3.8, 4) is 22.6 Å². The van der Waals surface area contributed by atoms with Crippen LogP contribution in [0.2, 0.25) is 0 Å². The molecule has 0 saturated carbocycles. The van der Waals surface area contributed by atoms with Crippen LogP contribution in [-0.2, 0) is 0 Å². The molecule has 10 rings (SSSR count). The molecule has 212 valence electrons. The van der Waals surface area contributed by atoms with Gasteiger partial charge < -0.3 is 9.30 Å². The van der Waals surface area contributed by atoms with E-state index >= 15 is 0 Å². The van der Waals surface area contributed by atoms with Gasteiger partial charge in [0.1, 0.15) is 18.1 Å². The lowest BCUT2D eigenvalue weighted by Gasteiger charge is -2.22. The van der Waals surface area contributed by atoms with Gasteiger partial charge in [-0.1, -0.05) is 84.9 Å². The Kier molecular flexibility index (Phi) is 5.05. The fourth-order valence-corrected chi connectivity index (χ4v) is 7.38. The van der Waals surface area contributed by atoms with Crippen molar-refractivity contribution in [1.82, 2.24) is 9.13 Å². The molecule has 5 heteroatoms. The molecule has 45 heavy (non-hydrogen) atoms. The molecular weight excluding hydrogens is 552 g/mol. The maximum Gasteiger partial charge on any atom is 0.183 e. The molecule has 0 N–H and O–H groups in total. The van der Waals surface area contributed by atoms with Crippen LogP contribution in [0.1, 0.15) is 11.6 Å². The summed E-state index contributed by atoms with van der Waals surface area (Å²) in [5, 5.41) is 4.87. The summed E-state index contributed by atoms with van der Waals surface area (Å²) in [6.07, 6.45) is 1.41. The van der Waals surface area contributed by atoms with E-state index < -0.39 is 0 Å². The van der Waals surface area contributed by atoms with E-state index in [-0.39, 0.29) is 12.1 Å². The van der Waals surface area contributed by atoms with Gasteiger partial charge in [0.05, 0.1) is 22.1 Å². The van der Waals surface area contributed by atoms with Gasteiger partial charge >= 0.3 is 0 Å². The van der Waals surface area contributed by atoms with Crippen LogP contribution in [0.15, 0.2) is 150 Å². The largest absolute Gasteiger partial charge is 0.479 e. The van der Waals surface area contributed by atoms with Crippen molar-refractivity contribution in [2.75, 3.05) is 0 Å². The lowest BCUT2D eigenvalue weighted by atomic mass is 10.0. The van der Waals surface area contributed by atoms with Crippen molar-refractivity contribution in [3.05, 3.63) is 145 Å². The smallest absolute Gasteiger partial charge is 0.183 e. The van der Waals surface area contributed by atoms with E-state index in [0.29, 0.717) is 0 Å². The number of para-hydroxylation sites is 4. The molecular formula is C40H26N4O. The first kappa shape index (κ1) is 24.5. The Morgan fingerprint density at radius 2 is 1.09 bits per heavy atom. The van der Waals surface area contributed by atoms with Gasteiger partial charge in [0, 0.05) is 32.8 Å². The van der Waals surface area contributed by atoms with Gasteiger partial charge in [-0.25, -0.2) is 4.99 Å². The van der Waals surface area contributed by atoms with E-state index in [9.17, 15) is 0 Å². The van der Waals surface area contributed by atoms with Gasteiger partial charge in [0.25, 0.3) is 0 Å². The third kappa shape index (κ3) is 3.49. The SMILES string of the molecule is C1=NC2c3ccccc3OC2C(n2c3ccccc3c3cc(-c4ccc5c(c4)c4ccccc4n5-c4ccccc4)ccc32)=N1. The summed E-state index contributed by atoms with van der Waals surface area (Å²) in [4.78, 5) is 9.55. The van der Waals surface area contributed by atoms with E-state index in [0.717, 1.165) is 33.9 Å². The number of fused-ring (bicyclic) bond motifs is 9. The average molecular weight is 579 g/mol. The van der Waals surface area contributed by atoms with Crippen LogP contribution >= 0.6 is 0 Å². The summed E-state index contributed by atoms with van der Waals surface area (Å²) in [6, 6.07) is 49.6. The molecule has 0 bridgehead atoms. The second-order valence-corrected chi connectivity index (χ2v) is 11.8. The number of ether oxygens (including phenoxy) is 1. The Morgan fingerprint density at radius 3 is 1.82 bits per heavy atom. The summed E-state index contributed by atoms with van der Waals surface area (Å²) in [5.74, 6) is 1.74. The highest BCUT2D eigenvalue weighted by atomic mass is 16.5. The van der Waals surface area contributed by atoms with E-state index in [4.69, 9.17) is 14.7 Å². The van der Waals surface area contributed by atoms with E-state index in [1.165, 1.54) is 43.7 Å². The third-order valence-electron chi connectivity index (χ3n) is 9.37. The molecule has 0 fully saturated rings. The molecule has 2 aliphatic rings. The normalized spacial score (nSPS) is 17.1. The van der Waals surface area contributed by atoms with Gasteiger partial charge in [-0.05, 0) is 65.7 Å². The third-order valence-corrected chi connectivity index (χ3v) is 9.37. The first-order chi connectivity index (χ1) is 22.3. The number of benzene rings is 6. The number of aliphatic imine (C=N–C) groups is 2. The van der Waals surface area contributed by atoms with Crippen LogP contribution in [0.4, 0.5) is 0 Å². The van der Waals surface area contributed by atoms with E-state index in [1.54, 1.807) is 6.34 Å². The number of hydrogen-bond acceptors (Lipinski definition) is 3. The van der Waals surface area contributed by atoms with Crippen LogP contribution in [0.5, 0.6) is 5.75 Å². The van der Waals surface area contributed by atoms with Crippen molar-refractivity contribution in [1.29, 1.82) is 0 Å². The minimum absolute atomic E-state index is 0.103. The second-order valence-electron chi connectivity index (χ2n) is 11.8. The van der Waals surface area contributed by atoms with Gasteiger partial charge in [-0.15, -0.1) is 0 Å². The van der Waals surface area contributed by atoms with Gasteiger partial charge in [0.2, 0.25) is 0 Å². The van der Waals surface area contributed by atoms with Crippen molar-refractivity contribution in [3.63, 3.8) is 0 Å². The number of hydrogen-bond donors (Lipinski definition) is 0. The fourth-order valence-electron chi connectivity index (χ4n) is 7.38. The van der Waals surface area contributed by atoms with Gasteiger partial charge in [0.15, 0.2) is 11.9 Å². The predicted molar refractivity (Wildman–Crippen MR) is 184 cm³/mol. The molecule has 6 aromatic carbocycles. The Balaban J connectivity index is 1.14. The zero-order valence-corrected chi connectivity index (χ0v) is 24.2. The van der Waals surface area contributed by atoms with E-state index in [1.807, 2.05) is 18.2 Å². The molecule has 2 aliphatic heterocycles. The number of nitrogens with zero attached hydrogens (tertiary/aromatic N) is 4. The maximum atomic E-state index is 6.48. The van der Waals surface area contributed by atoms with Crippen molar-refractivity contribution in [2.24, 2.45) is 9.98 Å². The first-order valence-electron chi connectivity index (χ1n) is 15.3. The van der Waals surface area contributed by atoms with Gasteiger partial charge in [-0.2, -0.15) is 0 Å². The molecule has 2 unspecified atom stereocenters. The number of rotatable bonds is 2. The minimum Gasteiger partial charge on any atom is -0.479 e. The molecule has 0 aliphatic carbocycles. The van der Waals surface area contributed by atoms with Gasteiger partial charge in [-0.3, -0.25) is 9.56 Å². The summed E-state index contributed by atoms with van der Waals surface area (Å²) in [5.41, 5.74) is 9.27. The molecule has 0 saturated heterocycles. The minimum atomic E-state index is -0.282. The highest BCUT2D eigenvalue weighted by molar-refractivity contribution is 6.17. The van der Waals surface area contributed by atoms with Crippen molar-refractivity contribution in [2.45, 2.75) is 12.1 Å². The molecule has 8 aromatic rings. The zero-order valence-electron chi connectivity index (χ0n) is 24.2. The van der Waals surface area contributed by atoms with Crippen LogP contribution in [0, 0.1) is 0 Å². The highest BCUT2D eigenvalue weighted by Gasteiger charge is 2.40. The summed E-state index contributed by atoms with van der Waals surface area (Å²) in [6.45, 7) is 0. The predicted octanol–water partition coefficient (Wildman–Crippen LogP) is 9.35. The van der Waals surface area contributed by atoms with Crippen LogP contribution < -0.4 is 4.74 Å². The lowest BCUT2D eigenvalue weighted by Crippen LogP contribution is -2.35. The van der Waals surface area contributed by atoms with Crippen molar-refractivity contribution < 1.29 is 4.74 Å². The maximum absolute atomic E-state index is 6.48. The highest BCUT2D eigenvalue weighted by Crippen LogP contribution is 2.43. The summed E-state index contributed by atoms with van der Waals surface area (Å²) in [7, 11) is 0. The Morgan fingerprint density at radius 1 is 0.511 bits per heavy atom. The van der Waals surface area contributed by atoms with Crippen molar-refractivity contribution >= 4 is 55.8 Å².